The zero-order valence-corrected chi connectivity index (χ0v) is 12.8. The van der Waals surface area contributed by atoms with Gasteiger partial charge in [0.15, 0.2) is 0 Å². The van der Waals surface area contributed by atoms with E-state index >= 15 is 0 Å². The van der Waals surface area contributed by atoms with Gasteiger partial charge in [0, 0.05) is 30.4 Å². The van der Waals surface area contributed by atoms with E-state index in [9.17, 15) is 4.79 Å². The van der Waals surface area contributed by atoms with Crippen molar-refractivity contribution < 1.29 is 4.79 Å². The van der Waals surface area contributed by atoms with Gasteiger partial charge in [-0.3, -0.25) is 4.79 Å². The summed E-state index contributed by atoms with van der Waals surface area (Å²) >= 11 is 1.76. The molecule has 0 aromatic rings. The maximum absolute atomic E-state index is 12.4. The van der Waals surface area contributed by atoms with Crippen LogP contribution in [0.4, 0.5) is 0 Å². The monoisotopic (exact) mass is 270 g/mol. The van der Waals surface area contributed by atoms with E-state index in [2.05, 4.69) is 37.9 Å². The maximum Gasteiger partial charge on any atom is 0.232 e. The quantitative estimate of drug-likeness (QED) is 0.851. The largest absolute Gasteiger partial charge is 0.338 e. The minimum atomic E-state index is 0.175. The number of fused-ring (bicyclic) bond motifs is 1. The number of thioether (sulfide) groups is 1. The number of carbonyl (C=O) groups is 1. The van der Waals surface area contributed by atoms with Gasteiger partial charge in [0.25, 0.3) is 0 Å². The molecule has 0 saturated carbocycles. The second-order valence-electron chi connectivity index (χ2n) is 6.50. The van der Waals surface area contributed by atoms with Gasteiger partial charge in [-0.2, -0.15) is 0 Å². The molecule has 0 bridgehead atoms. The topological polar surface area (TPSA) is 32.3 Å². The van der Waals surface area contributed by atoms with Crippen LogP contribution in [-0.2, 0) is 4.79 Å². The average Bonchev–Trinajstić information content (AvgIpc) is 2.83. The van der Waals surface area contributed by atoms with E-state index in [0.29, 0.717) is 29.5 Å². The van der Waals surface area contributed by atoms with Crippen LogP contribution < -0.4 is 5.32 Å². The lowest BCUT2D eigenvalue weighted by molar-refractivity contribution is -0.129. The third-order valence-corrected chi connectivity index (χ3v) is 5.34. The molecule has 0 aliphatic carbocycles. The molecule has 0 aromatic heterocycles. The van der Waals surface area contributed by atoms with E-state index in [1.54, 1.807) is 11.8 Å². The predicted molar refractivity (Wildman–Crippen MR) is 77.9 cm³/mol. The van der Waals surface area contributed by atoms with E-state index < -0.39 is 0 Å². The lowest BCUT2D eigenvalue weighted by Crippen LogP contribution is -2.41. The molecule has 0 radical (unpaired) electrons. The Morgan fingerprint density at radius 3 is 2.72 bits per heavy atom. The normalized spacial score (nSPS) is 31.8. The highest BCUT2D eigenvalue weighted by Crippen LogP contribution is 2.35. The number of likely N-dealkylation sites (tertiary alicyclic amines) is 1. The zero-order valence-electron chi connectivity index (χ0n) is 12.0. The summed E-state index contributed by atoms with van der Waals surface area (Å²) in [6.45, 7) is 11.9. The summed E-state index contributed by atoms with van der Waals surface area (Å²) in [6.07, 6.45) is 1.09. The molecule has 104 valence electrons. The van der Waals surface area contributed by atoms with Crippen LogP contribution in [0.15, 0.2) is 0 Å². The van der Waals surface area contributed by atoms with Gasteiger partial charge in [0.2, 0.25) is 5.91 Å². The third-order valence-electron chi connectivity index (χ3n) is 4.09. The summed E-state index contributed by atoms with van der Waals surface area (Å²) in [4.78, 5) is 14.5. The number of amides is 1. The van der Waals surface area contributed by atoms with Crippen molar-refractivity contribution in [2.24, 2.45) is 11.8 Å². The molecule has 2 rings (SSSR count). The van der Waals surface area contributed by atoms with Crippen LogP contribution in [0.3, 0.4) is 0 Å². The first kappa shape index (κ1) is 14.2. The molecule has 3 unspecified atom stereocenters. The highest BCUT2D eigenvalue weighted by atomic mass is 32.2. The molecule has 3 nitrogen and oxygen atoms in total. The standard InChI is InChI=1S/C14H26N2OS/c1-5-12-11-7-15-6-10(11)8-16(12)13(17)9-18-14(2,3)4/h10-12,15H,5-9H2,1-4H3. The first-order valence-corrected chi connectivity index (χ1v) is 8.05. The molecule has 2 fully saturated rings. The molecular weight excluding hydrogens is 244 g/mol. The van der Waals surface area contributed by atoms with Crippen molar-refractivity contribution in [2.45, 2.75) is 44.9 Å². The lowest BCUT2D eigenvalue weighted by atomic mass is 9.93. The van der Waals surface area contributed by atoms with E-state index in [1.165, 1.54) is 0 Å². The maximum atomic E-state index is 12.4. The Morgan fingerprint density at radius 2 is 2.11 bits per heavy atom. The van der Waals surface area contributed by atoms with E-state index in [1.807, 2.05) is 0 Å². The molecule has 18 heavy (non-hydrogen) atoms. The van der Waals surface area contributed by atoms with Gasteiger partial charge in [-0.15, -0.1) is 11.8 Å². The van der Waals surface area contributed by atoms with Crippen molar-refractivity contribution in [3.05, 3.63) is 0 Å². The van der Waals surface area contributed by atoms with Crippen molar-refractivity contribution >= 4 is 17.7 Å². The van der Waals surface area contributed by atoms with Crippen molar-refractivity contribution in [1.29, 1.82) is 0 Å². The van der Waals surface area contributed by atoms with Crippen molar-refractivity contribution in [1.82, 2.24) is 10.2 Å². The SMILES string of the molecule is CCC1C2CNCC2CN1C(=O)CSC(C)(C)C. The van der Waals surface area contributed by atoms with Crippen LogP contribution in [0, 0.1) is 11.8 Å². The molecule has 3 atom stereocenters. The number of rotatable bonds is 3. The Kier molecular flexibility index (Phi) is 4.27. The highest BCUT2D eigenvalue weighted by Gasteiger charge is 2.44. The molecular formula is C14H26N2OS. The fourth-order valence-electron chi connectivity index (χ4n) is 3.19. The summed E-state index contributed by atoms with van der Waals surface area (Å²) in [7, 11) is 0. The number of carbonyl (C=O) groups excluding carboxylic acids is 1. The predicted octanol–water partition coefficient (Wildman–Crippen LogP) is 1.97. The van der Waals surface area contributed by atoms with Gasteiger partial charge in [-0.05, 0) is 18.3 Å². The Bertz CT molecular complexity index is 313. The summed E-state index contributed by atoms with van der Waals surface area (Å²) in [5.41, 5.74) is 0. The summed E-state index contributed by atoms with van der Waals surface area (Å²) in [5, 5.41) is 3.46. The van der Waals surface area contributed by atoms with Crippen molar-refractivity contribution in [3.8, 4) is 0 Å². The minimum Gasteiger partial charge on any atom is -0.338 e. The summed E-state index contributed by atoms with van der Waals surface area (Å²) < 4.78 is 0.175. The number of nitrogens with zero attached hydrogens (tertiary/aromatic N) is 1. The molecule has 1 amide bonds. The Balaban J connectivity index is 1.94. The molecule has 2 aliphatic rings. The molecule has 2 heterocycles. The lowest BCUT2D eigenvalue weighted by Gasteiger charge is -2.28. The molecule has 0 spiro atoms. The number of hydrogen-bond acceptors (Lipinski definition) is 3. The highest BCUT2D eigenvalue weighted by molar-refractivity contribution is 8.01. The second-order valence-corrected chi connectivity index (χ2v) is 8.31. The average molecular weight is 270 g/mol. The summed E-state index contributed by atoms with van der Waals surface area (Å²) in [6, 6.07) is 0.470. The van der Waals surface area contributed by atoms with Crippen LogP contribution >= 0.6 is 11.8 Å². The van der Waals surface area contributed by atoms with Crippen LogP contribution in [0.1, 0.15) is 34.1 Å². The van der Waals surface area contributed by atoms with Crippen LogP contribution in [0.5, 0.6) is 0 Å². The number of hydrogen-bond donors (Lipinski definition) is 1. The van der Waals surface area contributed by atoms with E-state index in [4.69, 9.17) is 0 Å². The Labute approximate surface area is 115 Å². The Hall–Kier alpha value is -0.220. The smallest absolute Gasteiger partial charge is 0.232 e. The van der Waals surface area contributed by atoms with Gasteiger partial charge in [0.1, 0.15) is 0 Å². The first-order valence-electron chi connectivity index (χ1n) is 7.06. The van der Waals surface area contributed by atoms with Crippen LogP contribution in [-0.4, -0.2) is 47.0 Å². The Morgan fingerprint density at radius 1 is 1.39 bits per heavy atom. The van der Waals surface area contributed by atoms with E-state index in [0.717, 1.165) is 26.1 Å². The molecule has 4 heteroatoms. The van der Waals surface area contributed by atoms with Gasteiger partial charge >= 0.3 is 0 Å². The van der Waals surface area contributed by atoms with Crippen LogP contribution in [0.25, 0.3) is 0 Å². The second kappa shape index (κ2) is 5.41. The molecule has 2 saturated heterocycles. The number of nitrogens with one attached hydrogen (secondary N) is 1. The van der Waals surface area contributed by atoms with Gasteiger partial charge < -0.3 is 10.2 Å². The van der Waals surface area contributed by atoms with Gasteiger partial charge in [-0.1, -0.05) is 27.7 Å². The molecule has 0 aromatic carbocycles. The fourth-order valence-corrected chi connectivity index (χ4v) is 3.92. The van der Waals surface area contributed by atoms with Crippen molar-refractivity contribution in [2.75, 3.05) is 25.4 Å². The van der Waals surface area contributed by atoms with Gasteiger partial charge in [0.05, 0.1) is 5.75 Å². The summed E-state index contributed by atoms with van der Waals surface area (Å²) in [5.74, 6) is 2.36. The van der Waals surface area contributed by atoms with E-state index in [-0.39, 0.29) is 4.75 Å². The van der Waals surface area contributed by atoms with Gasteiger partial charge in [-0.25, -0.2) is 0 Å². The third kappa shape index (κ3) is 3.02. The van der Waals surface area contributed by atoms with Crippen molar-refractivity contribution in [3.63, 3.8) is 0 Å². The van der Waals surface area contributed by atoms with Crippen LogP contribution in [0.2, 0.25) is 0 Å². The minimum absolute atomic E-state index is 0.175. The molecule has 2 aliphatic heterocycles. The molecule has 1 N–H and O–H groups in total. The fraction of sp³-hybridized carbons (Fsp3) is 0.929. The first-order chi connectivity index (χ1) is 8.42. The zero-order chi connectivity index (χ0) is 13.3.